The van der Waals surface area contributed by atoms with Crippen molar-refractivity contribution in [3.63, 3.8) is 0 Å². The third-order valence-corrected chi connectivity index (χ3v) is 6.52. The number of carbonyl (C=O) groups excluding carboxylic acids is 2. The molecule has 4 N–H and O–H groups in total. The standard InChI is InChI=1S/C28H33F2N7O3/c1-4-31-16-23(38)32-10-5-11-34-28(39)19-7-6-18(14-17(19)2)36-26-27-35-15-21(37(27)13-12-33-26)20-8-9-22(40-3)25(30)24(20)29/h6-9,12-14,21,31H,4-5,10-11,15-16H2,1-3H3,(H,32,38)(H,33,36)(H,34,39). The number of methoxy groups -OCH3 is 1. The first-order valence-electron chi connectivity index (χ1n) is 13.1. The number of carbonyl (C=O) groups is 2. The molecule has 0 saturated carbocycles. The maximum Gasteiger partial charge on any atom is 0.251 e. The van der Waals surface area contributed by atoms with Gasteiger partial charge in [0, 0.05) is 42.3 Å². The summed E-state index contributed by atoms with van der Waals surface area (Å²) in [5.41, 5.74) is 2.15. The van der Waals surface area contributed by atoms with Gasteiger partial charge in [-0.05, 0) is 49.7 Å². The summed E-state index contributed by atoms with van der Waals surface area (Å²) < 4.78 is 34.0. The highest BCUT2D eigenvalue weighted by molar-refractivity contribution is 6.45. The second kappa shape index (κ2) is 13.2. The van der Waals surface area contributed by atoms with Crippen molar-refractivity contribution in [1.82, 2.24) is 20.9 Å². The number of hydrogen-bond donors (Lipinski definition) is 4. The third-order valence-electron chi connectivity index (χ3n) is 6.52. The van der Waals surface area contributed by atoms with Crippen molar-refractivity contribution >= 4 is 29.2 Å². The molecule has 10 nitrogen and oxygen atoms in total. The Morgan fingerprint density at radius 3 is 2.67 bits per heavy atom. The van der Waals surface area contributed by atoms with Crippen LogP contribution in [0.15, 0.2) is 52.7 Å². The van der Waals surface area contributed by atoms with E-state index in [2.05, 4.69) is 31.3 Å². The first kappa shape index (κ1) is 28.7. The van der Waals surface area contributed by atoms with Gasteiger partial charge in [-0.1, -0.05) is 13.0 Å². The Bertz CT molecular complexity index is 1360. The minimum absolute atomic E-state index is 0.0748. The van der Waals surface area contributed by atoms with E-state index in [4.69, 9.17) is 4.74 Å². The van der Waals surface area contributed by atoms with Crippen LogP contribution >= 0.6 is 0 Å². The number of fused-ring (bicyclic) bond motifs is 1. The lowest BCUT2D eigenvalue weighted by Gasteiger charge is -2.27. The van der Waals surface area contributed by atoms with E-state index < -0.39 is 17.7 Å². The number of rotatable bonds is 11. The number of amides is 2. The van der Waals surface area contributed by atoms with Crippen LogP contribution < -0.4 is 26.0 Å². The maximum atomic E-state index is 14.8. The number of amidine groups is 2. The van der Waals surface area contributed by atoms with Crippen LogP contribution in [-0.2, 0) is 4.79 Å². The first-order valence-corrected chi connectivity index (χ1v) is 13.1. The summed E-state index contributed by atoms with van der Waals surface area (Å²) in [6, 6.07) is 7.68. The summed E-state index contributed by atoms with van der Waals surface area (Å²) in [6.45, 7) is 5.89. The molecule has 4 rings (SSSR count). The molecule has 0 radical (unpaired) electrons. The molecule has 2 aromatic carbocycles. The number of aliphatic imine (C=N–C) groups is 2. The fourth-order valence-electron chi connectivity index (χ4n) is 4.44. The summed E-state index contributed by atoms with van der Waals surface area (Å²) in [6.07, 6.45) is 3.85. The largest absolute Gasteiger partial charge is 0.494 e. The smallest absolute Gasteiger partial charge is 0.251 e. The molecule has 0 saturated heterocycles. The SMILES string of the molecule is CCNCC(=O)NCCCNC(=O)c1ccc(NC2=NC=CN3C2=NCC3c2ccc(OC)c(F)c2F)cc1C. The van der Waals surface area contributed by atoms with Gasteiger partial charge in [0.25, 0.3) is 5.91 Å². The number of aryl methyl sites for hydroxylation is 1. The molecule has 2 aliphatic heterocycles. The predicted molar refractivity (Wildman–Crippen MR) is 150 cm³/mol. The van der Waals surface area contributed by atoms with E-state index >= 15 is 0 Å². The van der Waals surface area contributed by atoms with Crippen molar-refractivity contribution in [2.24, 2.45) is 9.98 Å². The number of ether oxygens (including phenoxy) is 1. The Kier molecular flexibility index (Phi) is 9.43. The Morgan fingerprint density at radius 2 is 1.93 bits per heavy atom. The van der Waals surface area contributed by atoms with Gasteiger partial charge in [0.1, 0.15) is 0 Å². The zero-order valence-electron chi connectivity index (χ0n) is 22.7. The molecule has 1 unspecified atom stereocenters. The molecule has 40 heavy (non-hydrogen) atoms. The van der Waals surface area contributed by atoms with Crippen molar-refractivity contribution in [2.75, 3.05) is 45.2 Å². The Labute approximate surface area is 231 Å². The second-order valence-corrected chi connectivity index (χ2v) is 9.24. The number of benzene rings is 2. The van der Waals surface area contributed by atoms with E-state index in [0.29, 0.717) is 42.4 Å². The fourth-order valence-corrected chi connectivity index (χ4v) is 4.44. The Morgan fingerprint density at radius 1 is 1.12 bits per heavy atom. The van der Waals surface area contributed by atoms with Gasteiger partial charge < -0.3 is 30.9 Å². The van der Waals surface area contributed by atoms with Crippen molar-refractivity contribution in [2.45, 2.75) is 26.3 Å². The fraction of sp³-hybridized carbons (Fsp3) is 0.357. The molecule has 1 atom stereocenters. The van der Waals surface area contributed by atoms with E-state index in [1.165, 1.54) is 19.2 Å². The third kappa shape index (κ3) is 6.45. The summed E-state index contributed by atoms with van der Waals surface area (Å²) in [5.74, 6) is -1.49. The Balaban J connectivity index is 1.34. The predicted octanol–water partition coefficient (Wildman–Crippen LogP) is 2.88. The zero-order valence-corrected chi connectivity index (χ0v) is 22.7. The van der Waals surface area contributed by atoms with Crippen molar-refractivity contribution < 1.29 is 23.1 Å². The molecule has 2 amide bonds. The van der Waals surface area contributed by atoms with Gasteiger partial charge in [0.05, 0.1) is 26.2 Å². The topological polar surface area (TPSA) is 119 Å². The van der Waals surface area contributed by atoms with Crippen LogP contribution in [0.5, 0.6) is 5.75 Å². The molecule has 0 fully saturated rings. The normalized spacial score (nSPS) is 15.7. The maximum absolute atomic E-state index is 14.8. The van der Waals surface area contributed by atoms with E-state index in [9.17, 15) is 18.4 Å². The highest BCUT2D eigenvalue weighted by atomic mass is 19.2. The summed E-state index contributed by atoms with van der Waals surface area (Å²) >= 11 is 0. The molecule has 0 aliphatic carbocycles. The number of anilines is 1. The van der Waals surface area contributed by atoms with Gasteiger partial charge >= 0.3 is 0 Å². The molecule has 0 spiro atoms. The van der Waals surface area contributed by atoms with Crippen molar-refractivity contribution in [3.8, 4) is 5.75 Å². The molecular weight excluding hydrogens is 520 g/mol. The van der Waals surface area contributed by atoms with Crippen LogP contribution in [0, 0.1) is 18.6 Å². The summed E-state index contributed by atoms with van der Waals surface area (Å²) in [5, 5.41) is 11.8. The summed E-state index contributed by atoms with van der Waals surface area (Å²) in [4.78, 5) is 34.9. The number of hydrogen-bond acceptors (Lipinski definition) is 8. The van der Waals surface area contributed by atoms with Crippen LogP contribution in [0.1, 0.15) is 40.9 Å². The van der Waals surface area contributed by atoms with Gasteiger partial charge in [-0.25, -0.2) is 9.38 Å². The van der Waals surface area contributed by atoms with Crippen LogP contribution in [0.4, 0.5) is 14.5 Å². The lowest BCUT2D eigenvalue weighted by atomic mass is 10.0. The van der Waals surface area contributed by atoms with Crippen LogP contribution in [0.2, 0.25) is 0 Å². The molecule has 0 bridgehead atoms. The number of halogens is 2. The molecular formula is C28H33F2N7O3. The first-order chi connectivity index (χ1) is 19.3. The number of nitrogens with zero attached hydrogens (tertiary/aromatic N) is 3. The van der Waals surface area contributed by atoms with E-state index in [0.717, 1.165) is 12.1 Å². The van der Waals surface area contributed by atoms with E-state index in [-0.39, 0.29) is 36.2 Å². The van der Waals surface area contributed by atoms with Crippen molar-refractivity contribution in [1.29, 1.82) is 0 Å². The average molecular weight is 554 g/mol. The molecule has 2 heterocycles. The van der Waals surface area contributed by atoms with Gasteiger partial charge in [0.2, 0.25) is 11.7 Å². The van der Waals surface area contributed by atoms with Gasteiger partial charge in [-0.2, -0.15) is 4.39 Å². The number of nitrogens with one attached hydrogen (secondary N) is 4. The lowest BCUT2D eigenvalue weighted by molar-refractivity contribution is -0.120. The Hall–Kier alpha value is -4.32. The molecule has 0 aromatic heterocycles. The molecule has 212 valence electrons. The van der Waals surface area contributed by atoms with Crippen LogP contribution in [0.3, 0.4) is 0 Å². The lowest BCUT2D eigenvalue weighted by Crippen LogP contribution is -2.37. The molecule has 2 aliphatic rings. The monoisotopic (exact) mass is 553 g/mol. The van der Waals surface area contributed by atoms with Gasteiger partial charge in [-0.3, -0.25) is 14.6 Å². The zero-order chi connectivity index (χ0) is 28.6. The highest BCUT2D eigenvalue weighted by Gasteiger charge is 2.35. The van der Waals surface area contributed by atoms with E-state index in [1.54, 1.807) is 29.4 Å². The number of likely N-dealkylation sites (N-methyl/N-ethyl adjacent to an activating group) is 1. The molecule has 12 heteroatoms. The average Bonchev–Trinajstić information content (AvgIpc) is 3.38. The molecule has 2 aromatic rings. The van der Waals surface area contributed by atoms with Crippen LogP contribution in [-0.4, -0.2) is 68.2 Å². The minimum Gasteiger partial charge on any atom is -0.494 e. The minimum atomic E-state index is -1.03. The quantitative estimate of drug-likeness (QED) is 0.318. The van der Waals surface area contributed by atoms with Crippen molar-refractivity contribution in [3.05, 3.63) is 71.1 Å². The van der Waals surface area contributed by atoms with Crippen LogP contribution in [0.25, 0.3) is 0 Å². The second-order valence-electron chi connectivity index (χ2n) is 9.24. The van der Waals surface area contributed by atoms with Gasteiger partial charge in [0.15, 0.2) is 23.2 Å². The highest BCUT2D eigenvalue weighted by Crippen LogP contribution is 2.34. The summed E-state index contributed by atoms with van der Waals surface area (Å²) in [7, 11) is 1.29. The van der Waals surface area contributed by atoms with E-state index in [1.807, 2.05) is 19.9 Å². The van der Waals surface area contributed by atoms with Gasteiger partial charge in [-0.15, -0.1) is 0 Å².